The van der Waals surface area contributed by atoms with E-state index in [1.807, 2.05) is 12.1 Å². The minimum absolute atomic E-state index is 0.0254. The standard InChI is InChI=1S/C20H16F2N4O2/c1-25(28-2)20(27)18-19(17-13(21)7-5-8-14(17)22)26-15-9-4-3-6-12(15)10-23-11-16(26)24-18/h3-10H,11H2,1-2H3. The van der Waals surface area contributed by atoms with E-state index in [1.165, 1.54) is 20.2 Å². The summed E-state index contributed by atoms with van der Waals surface area (Å²) in [5.74, 6) is -1.81. The number of carbonyl (C=O) groups is 1. The third-order valence-electron chi connectivity index (χ3n) is 4.55. The normalized spacial score (nSPS) is 12.3. The van der Waals surface area contributed by atoms with Crippen LogP contribution in [0.4, 0.5) is 8.78 Å². The molecular weight excluding hydrogens is 366 g/mol. The molecular formula is C20H16F2N4O2. The summed E-state index contributed by atoms with van der Waals surface area (Å²) in [6, 6.07) is 10.8. The Balaban J connectivity index is 2.10. The summed E-state index contributed by atoms with van der Waals surface area (Å²) in [6.45, 7) is 0.154. The molecule has 1 aliphatic rings. The molecule has 0 N–H and O–H groups in total. The molecule has 3 aromatic rings. The molecule has 28 heavy (non-hydrogen) atoms. The zero-order valence-electron chi connectivity index (χ0n) is 15.2. The number of aliphatic imine (C=N–C) groups is 1. The number of benzene rings is 2. The van der Waals surface area contributed by atoms with Crippen molar-refractivity contribution in [2.45, 2.75) is 6.54 Å². The molecule has 2 aromatic carbocycles. The average molecular weight is 382 g/mol. The summed E-state index contributed by atoms with van der Waals surface area (Å²) in [4.78, 5) is 26.5. The minimum atomic E-state index is -0.792. The van der Waals surface area contributed by atoms with Crippen LogP contribution in [0.15, 0.2) is 47.5 Å². The largest absolute Gasteiger partial charge is 0.298 e. The van der Waals surface area contributed by atoms with Crippen LogP contribution in [0.25, 0.3) is 16.9 Å². The average Bonchev–Trinajstić information content (AvgIpc) is 2.95. The van der Waals surface area contributed by atoms with E-state index in [9.17, 15) is 13.6 Å². The van der Waals surface area contributed by atoms with E-state index in [4.69, 9.17) is 4.84 Å². The Morgan fingerprint density at radius 1 is 1.14 bits per heavy atom. The summed E-state index contributed by atoms with van der Waals surface area (Å²) in [7, 11) is 2.72. The highest BCUT2D eigenvalue weighted by Gasteiger charge is 2.31. The first kappa shape index (κ1) is 18.0. The van der Waals surface area contributed by atoms with Gasteiger partial charge in [-0.3, -0.25) is 19.2 Å². The summed E-state index contributed by atoms with van der Waals surface area (Å²) >= 11 is 0. The third kappa shape index (κ3) is 2.78. The number of aromatic nitrogens is 2. The number of carbonyl (C=O) groups excluding carboxylic acids is 1. The highest BCUT2D eigenvalue weighted by Crippen LogP contribution is 2.35. The van der Waals surface area contributed by atoms with Crippen LogP contribution < -0.4 is 0 Å². The van der Waals surface area contributed by atoms with Crippen LogP contribution in [0.2, 0.25) is 0 Å². The number of fused-ring (bicyclic) bond motifs is 3. The van der Waals surface area contributed by atoms with E-state index in [0.717, 1.165) is 22.8 Å². The van der Waals surface area contributed by atoms with Gasteiger partial charge >= 0.3 is 0 Å². The quantitative estimate of drug-likeness (QED) is 0.653. The highest BCUT2D eigenvalue weighted by molar-refractivity contribution is 5.99. The molecule has 6 nitrogen and oxygen atoms in total. The fourth-order valence-electron chi connectivity index (χ4n) is 3.19. The van der Waals surface area contributed by atoms with Gasteiger partial charge in [-0.05, 0) is 18.2 Å². The third-order valence-corrected chi connectivity index (χ3v) is 4.55. The number of halogens is 2. The van der Waals surface area contributed by atoms with E-state index in [0.29, 0.717) is 11.5 Å². The van der Waals surface area contributed by atoms with Crippen LogP contribution in [0.5, 0.6) is 0 Å². The van der Waals surface area contributed by atoms with Gasteiger partial charge in [-0.2, -0.15) is 0 Å². The maximum Gasteiger partial charge on any atom is 0.298 e. The molecule has 2 heterocycles. The number of nitrogens with zero attached hydrogens (tertiary/aromatic N) is 4. The number of hydrogen-bond donors (Lipinski definition) is 0. The zero-order chi connectivity index (χ0) is 19.8. The molecule has 0 unspecified atom stereocenters. The Morgan fingerprint density at radius 2 is 1.86 bits per heavy atom. The van der Waals surface area contributed by atoms with Crippen molar-refractivity contribution in [1.82, 2.24) is 14.6 Å². The zero-order valence-corrected chi connectivity index (χ0v) is 15.2. The Bertz CT molecular complexity index is 1090. The van der Waals surface area contributed by atoms with E-state index in [1.54, 1.807) is 22.9 Å². The van der Waals surface area contributed by atoms with Crippen molar-refractivity contribution in [3.8, 4) is 16.9 Å². The number of hydroxylamine groups is 2. The predicted molar refractivity (Wildman–Crippen MR) is 99.3 cm³/mol. The topological polar surface area (TPSA) is 59.7 Å². The molecule has 0 aliphatic carbocycles. The number of hydrogen-bond acceptors (Lipinski definition) is 4. The molecule has 0 atom stereocenters. The second kappa shape index (κ2) is 6.97. The minimum Gasteiger partial charge on any atom is -0.293 e. The fourth-order valence-corrected chi connectivity index (χ4v) is 3.19. The first-order valence-corrected chi connectivity index (χ1v) is 8.50. The van der Waals surface area contributed by atoms with Gasteiger partial charge < -0.3 is 0 Å². The summed E-state index contributed by atoms with van der Waals surface area (Å²) in [5.41, 5.74) is 0.956. The van der Waals surface area contributed by atoms with Crippen molar-refractivity contribution in [3.05, 3.63) is 71.2 Å². The van der Waals surface area contributed by atoms with Gasteiger partial charge in [0, 0.05) is 18.8 Å². The Kier molecular flexibility index (Phi) is 4.48. The molecule has 1 amide bonds. The maximum absolute atomic E-state index is 14.7. The van der Waals surface area contributed by atoms with Gasteiger partial charge in [0.2, 0.25) is 0 Å². The molecule has 0 saturated heterocycles. The molecule has 0 spiro atoms. The van der Waals surface area contributed by atoms with E-state index < -0.39 is 17.5 Å². The number of para-hydroxylation sites is 1. The summed E-state index contributed by atoms with van der Waals surface area (Å²) in [5, 5.41) is 0.958. The van der Waals surface area contributed by atoms with Crippen LogP contribution in [-0.4, -0.2) is 40.9 Å². The van der Waals surface area contributed by atoms with E-state index >= 15 is 0 Å². The lowest BCUT2D eigenvalue weighted by Crippen LogP contribution is -2.26. The number of amides is 1. The second-order valence-electron chi connectivity index (χ2n) is 6.17. The van der Waals surface area contributed by atoms with E-state index in [-0.39, 0.29) is 23.5 Å². The smallest absolute Gasteiger partial charge is 0.293 e. The van der Waals surface area contributed by atoms with Crippen molar-refractivity contribution in [1.29, 1.82) is 0 Å². The van der Waals surface area contributed by atoms with Crippen LogP contribution in [0.1, 0.15) is 21.9 Å². The number of rotatable bonds is 3. The first-order chi connectivity index (χ1) is 13.5. The van der Waals surface area contributed by atoms with Crippen molar-refractivity contribution in [2.24, 2.45) is 4.99 Å². The van der Waals surface area contributed by atoms with Crippen LogP contribution >= 0.6 is 0 Å². The van der Waals surface area contributed by atoms with Gasteiger partial charge in [-0.1, -0.05) is 24.3 Å². The highest BCUT2D eigenvalue weighted by atomic mass is 19.1. The fraction of sp³-hybridized carbons (Fsp3) is 0.150. The second-order valence-corrected chi connectivity index (χ2v) is 6.17. The van der Waals surface area contributed by atoms with Crippen molar-refractivity contribution in [3.63, 3.8) is 0 Å². The molecule has 0 radical (unpaired) electrons. The lowest BCUT2D eigenvalue weighted by Gasteiger charge is -2.16. The van der Waals surface area contributed by atoms with Crippen LogP contribution in [0.3, 0.4) is 0 Å². The van der Waals surface area contributed by atoms with Crippen molar-refractivity contribution >= 4 is 12.1 Å². The SMILES string of the molecule is CON(C)C(=O)c1nc2n(c1-c1c(F)cccc1F)-c1ccccc1C=NC2. The summed E-state index contributed by atoms with van der Waals surface area (Å²) in [6.07, 6.45) is 1.67. The molecule has 4 rings (SSSR count). The van der Waals surface area contributed by atoms with Crippen molar-refractivity contribution in [2.75, 3.05) is 14.2 Å². The lowest BCUT2D eigenvalue weighted by atomic mass is 10.1. The van der Waals surface area contributed by atoms with Gasteiger partial charge in [-0.25, -0.2) is 18.8 Å². The molecule has 1 aliphatic heterocycles. The monoisotopic (exact) mass is 382 g/mol. The molecule has 0 saturated carbocycles. The van der Waals surface area contributed by atoms with Gasteiger partial charge in [0.05, 0.1) is 30.6 Å². The van der Waals surface area contributed by atoms with Crippen molar-refractivity contribution < 1.29 is 18.4 Å². The molecule has 0 fully saturated rings. The lowest BCUT2D eigenvalue weighted by molar-refractivity contribution is -0.0759. The van der Waals surface area contributed by atoms with Gasteiger partial charge in [0.1, 0.15) is 17.5 Å². The Hall–Kier alpha value is -3.39. The maximum atomic E-state index is 14.7. The first-order valence-electron chi connectivity index (χ1n) is 8.50. The van der Waals surface area contributed by atoms with Gasteiger partial charge in [-0.15, -0.1) is 0 Å². The predicted octanol–water partition coefficient (Wildman–Crippen LogP) is 3.38. The van der Waals surface area contributed by atoms with Gasteiger partial charge in [0.25, 0.3) is 5.91 Å². The molecule has 142 valence electrons. The van der Waals surface area contributed by atoms with Crippen LogP contribution in [-0.2, 0) is 11.4 Å². The van der Waals surface area contributed by atoms with E-state index in [2.05, 4.69) is 9.98 Å². The number of imidazole rings is 1. The summed E-state index contributed by atoms with van der Waals surface area (Å²) < 4.78 is 31.0. The van der Waals surface area contributed by atoms with Gasteiger partial charge in [0.15, 0.2) is 5.69 Å². The molecule has 0 bridgehead atoms. The van der Waals surface area contributed by atoms with Crippen LogP contribution in [0, 0.1) is 11.6 Å². The Morgan fingerprint density at radius 3 is 2.57 bits per heavy atom. The molecule has 1 aromatic heterocycles. The molecule has 8 heteroatoms. The Labute approximate surface area is 159 Å².